The summed E-state index contributed by atoms with van der Waals surface area (Å²) in [5.74, 6) is 0.632. The molecule has 0 aromatic carbocycles. The number of carboxylic acids is 1. The van der Waals surface area contributed by atoms with Crippen molar-refractivity contribution < 1.29 is 9.90 Å². The third-order valence-electron chi connectivity index (χ3n) is 3.66. The molecule has 1 aliphatic carbocycles. The molecule has 2 heteroatoms. The van der Waals surface area contributed by atoms with Gasteiger partial charge in [0.25, 0.3) is 0 Å². The van der Waals surface area contributed by atoms with Crippen molar-refractivity contribution in [2.24, 2.45) is 11.8 Å². The molecule has 0 amide bonds. The Kier molecular flexibility index (Phi) is 4.86. The first-order valence-corrected chi connectivity index (χ1v) is 6.02. The highest BCUT2D eigenvalue weighted by Gasteiger charge is 2.20. The Morgan fingerprint density at radius 2 is 2.00 bits per heavy atom. The number of hydrogen-bond acceptors (Lipinski definition) is 1. The predicted octanol–water partition coefficient (Wildman–Crippen LogP) is 3.62. The van der Waals surface area contributed by atoms with Crippen molar-refractivity contribution in [2.45, 2.75) is 51.9 Å². The van der Waals surface area contributed by atoms with Crippen LogP contribution in [0.3, 0.4) is 0 Å². The summed E-state index contributed by atoms with van der Waals surface area (Å²) in [6.45, 7) is 5.83. The minimum absolute atomic E-state index is 0.359. The molecule has 1 rings (SSSR count). The topological polar surface area (TPSA) is 37.3 Å². The zero-order valence-electron chi connectivity index (χ0n) is 9.67. The van der Waals surface area contributed by atoms with E-state index in [-0.39, 0.29) is 0 Å². The molecule has 1 N–H and O–H groups in total. The van der Waals surface area contributed by atoms with Gasteiger partial charge < -0.3 is 5.11 Å². The molecule has 0 aliphatic heterocycles. The molecule has 1 unspecified atom stereocenters. The molecular weight excluding hydrogens is 188 g/mol. The molecular formula is C13H22O2. The molecule has 2 nitrogen and oxygen atoms in total. The van der Waals surface area contributed by atoms with Crippen LogP contribution >= 0.6 is 0 Å². The van der Waals surface area contributed by atoms with Crippen LogP contribution in [0.25, 0.3) is 0 Å². The lowest BCUT2D eigenvalue weighted by Crippen LogP contribution is -2.16. The molecule has 0 radical (unpaired) electrons. The molecule has 15 heavy (non-hydrogen) atoms. The summed E-state index contributed by atoms with van der Waals surface area (Å²) in [6.07, 6.45) is 8.39. The summed E-state index contributed by atoms with van der Waals surface area (Å²) in [5.41, 5.74) is 0.359. The van der Waals surface area contributed by atoms with Crippen LogP contribution in [0.5, 0.6) is 0 Å². The maximum absolute atomic E-state index is 10.6. The number of carboxylic acid groups (broad SMARTS) is 1. The summed E-state index contributed by atoms with van der Waals surface area (Å²) in [4.78, 5) is 10.6. The quantitative estimate of drug-likeness (QED) is 0.704. The summed E-state index contributed by atoms with van der Waals surface area (Å²) >= 11 is 0. The van der Waals surface area contributed by atoms with Crippen molar-refractivity contribution in [1.29, 1.82) is 0 Å². The normalized spacial score (nSPS) is 19.8. The van der Waals surface area contributed by atoms with Crippen molar-refractivity contribution in [1.82, 2.24) is 0 Å². The van der Waals surface area contributed by atoms with Gasteiger partial charge in [-0.05, 0) is 24.7 Å². The zero-order chi connectivity index (χ0) is 11.3. The third kappa shape index (κ3) is 4.06. The van der Waals surface area contributed by atoms with Crippen LogP contribution in [0.4, 0.5) is 0 Å². The van der Waals surface area contributed by atoms with Gasteiger partial charge in [0, 0.05) is 5.57 Å². The minimum Gasteiger partial charge on any atom is -0.478 e. The van der Waals surface area contributed by atoms with E-state index in [0.29, 0.717) is 17.9 Å². The lowest BCUT2D eigenvalue weighted by molar-refractivity contribution is -0.132. The first-order valence-electron chi connectivity index (χ1n) is 6.02. The Bertz CT molecular complexity index is 227. The molecule has 1 fully saturated rings. The average molecular weight is 210 g/mol. The van der Waals surface area contributed by atoms with Gasteiger partial charge in [-0.3, -0.25) is 0 Å². The lowest BCUT2D eigenvalue weighted by Gasteiger charge is -2.27. The van der Waals surface area contributed by atoms with E-state index in [2.05, 4.69) is 13.5 Å². The summed E-state index contributed by atoms with van der Waals surface area (Å²) in [7, 11) is 0. The highest BCUT2D eigenvalue weighted by Crippen LogP contribution is 2.32. The first kappa shape index (κ1) is 12.3. The van der Waals surface area contributed by atoms with Gasteiger partial charge >= 0.3 is 5.97 Å². The molecule has 1 atom stereocenters. The van der Waals surface area contributed by atoms with Gasteiger partial charge in [-0.2, -0.15) is 0 Å². The van der Waals surface area contributed by atoms with Crippen LogP contribution in [-0.2, 0) is 4.79 Å². The van der Waals surface area contributed by atoms with Crippen LogP contribution in [0, 0.1) is 11.8 Å². The highest BCUT2D eigenvalue weighted by atomic mass is 16.4. The number of carbonyl (C=O) groups is 1. The Morgan fingerprint density at radius 3 is 2.53 bits per heavy atom. The van der Waals surface area contributed by atoms with E-state index < -0.39 is 5.97 Å². The number of rotatable bonds is 5. The Balaban J connectivity index is 2.25. The smallest absolute Gasteiger partial charge is 0.330 e. The number of hydrogen-bond donors (Lipinski definition) is 1. The van der Waals surface area contributed by atoms with E-state index in [0.717, 1.165) is 12.3 Å². The van der Waals surface area contributed by atoms with Crippen molar-refractivity contribution in [3.8, 4) is 0 Å². The van der Waals surface area contributed by atoms with E-state index in [1.807, 2.05) is 0 Å². The minimum atomic E-state index is -0.842. The summed E-state index contributed by atoms with van der Waals surface area (Å²) in [5, 5.41) is 8.71. The second kappa shape index (κ2) is 5.94. The molecule has 0 heterocycles. The Morgan fingerprint density at radius 1 is 1.40 bits per heavy atom. The maximum atomic E-state index is 10.6. The molecule has 0 aromatic heterocycles. The van der Waals surface area contributed by atoms with Crippen LogP contribution in [-0.4, -0.2) is 11.1 Å². The molecule has 1 saturated carbocycles. The average Bonchev–Trinajstić information content (AvgIpc) is 2.26. The van der Waals surface area contributed by atoms with Crippen molar-refractivity contribution in [3.63, 3.8) is 0 Å². The fourth-order valence-electron chi connectivity index (χ4n) is 2.45. The van der Waals surface area contributed by atoms with Gasteiger partial charge in [0.2, 0.25) is 0 Å². The van der Waals surface area contributed by atoms with E-state index in [9.17, 15) is 4.79 Å². The fraction of sp³-hybridized carbons (Fsp3) is 0.769. The molecule has 0 saturated heterocycles. The zero-order valence-corrected chi connectivity index (χ0v) is 9.67. The van der Waals surface area contributed by atoms with Crippen molar-refractivity contribution in [2.75, 3.05) is 0 Å². The first-order chi connectivity index (χ1) is 7.11. The van der Waals surface area contributed by atoms with Gasteiger partial charge in [0.1, 0.15) is 0 Å². The summed E-state index contributed by atoms with van der Waals surface area (Å²) in [6, 6.07) is 0. The summed E-state index contributed by atoms with van der Waals surface area (Å²) < 4.78 is 0. The van der Waals surface area contributed by atoms with Gasteiger partial charge in [0.15, 0.2) is 0 Å². The van der Waals surface area contributed by atoms with Crippen molar-refractivity contribution in [3.05, 3.63) is 12.2 Å². The van der Waals surface area contributed by atoms with Gasteiger partial charge in [-0.15, -0.1) is 0 Å². The standard InChI is InChI=1S/C13H22O2/c1-10(8-9-11(2)13(14)15)12-6-4-3-5-7-12/h10,12H,2-9H2,1H3,(H,14,15). The van der Waals surface area contributed by atoms with Gasteiger partial charge in [-0.1, -0.05) is 45.6 Å². The van der Waals surface area contributed by atoms with E-state index >= 15 is 0 Å². The van der Waals surface area contributed by atoms with Gasteiger partial charge in [0.05, 0.1) is 0 Å². The maximum Gasteiger partial charge on any atom is 0.330 e. The molecule has 1 aliphatic rings. The molecule has 0 aromatic rings. The molecule has 0 bridgehead atoms. The Labute approximate surface area is 92.4 Å². The third-order valence-corrected chi connectivity index (χ3v) is 3.66. The largest absolute Gasteiger partial charge is 0.478 e. The predicted molar refractivity (Wildman–Crippen MR) is 61.7 cm³/mol. The second-order valence-electron chi connectivity index (χ2n) is 4.82. The van der Waals surface area contributed by atoms with Crippen molar-refractivity contribution >= 4 is 5.97 Å². The van der Waals surface area contributed by atoms with Crippen LogP contribution in [0.15, 0.2) is 12.2 Å². The lowest BCUT2D eigenvalue weighted by atomic mass is 9.79. The molecule has 86 valence electrons. The Hall–Kier alpha value is -0.790. The monoisotopic (exact) mass is 210 g/mol. The fourth-order valence-corrected chi connectivity index (χ4v) is 2.45. The van der Waals surface area contributed by atoms with E-state index in [1.165, 1.54) is 32.1 Å². The van der Waals surface area contributed by atoms with E-state index in [4.69, 9.17) is 5.11 Å². The second-order valence-corrected chi connectivity index (χ2v) is 4.82. The number of aliphatic carboxylic acids is 1. The van der Waals surface area contributed by atoms with Crippen LogP contribution in [0.1, 0.15) is 51.9 Å². The highest BCUT2D eigenvalue weighted by molar-refractivity contribution is 5.85. The SMILES string of the molecule is C=C(CCC(C)C1CCCCC1)C(=O)O. The molecule has 0 spiro atoms. The van der Waals surface area contributed by atoms with Gasteiger partial charge in [-0.25, -0.2) is 4.79 Å². The van der Waals surface area contributed by atoms with E-state index in [1.54, 1.807) is 0 Å². The van der Waals surface area contributed by atoms with Crippen LogP contribution in [0.2, 0.25) is 0 Å². The van der Waals surface area contributed by atoms with Crippen LogP contribution < -0.4 is 0 Å².